The minimum absolute atomic E-state index is 0.181. The van der Waals surface area contributed by atoms with Gasteiger partial charge in [0.2, 0.25) is 0 Å². The Labute approximate surface area is 243 Å². The first kappa shape index (κ1) is 26.2. The fraction of sp³-hybridized carbons (Fsp3) is 0.387. The van der Waals surface area contributed by atoms with Gasteiger partial charge < -0.3 is 19.7 Å². The van der Waals surface area contributed by atoms with Crippen molar-refractivity contribution in [2.24, 2.45) is 0 Å². The zero-order chi connectivity index (χ0) is 29.0. The smallest absolute Gasteiger partial charge is 0.410 e. The van der Waals surface area contributed by atoms with E-state index in [0.717, 1.165) is 59.7 Å². The molecule has 11 heteroatoms. The number of anilines is 2. The van der Waals surface area contributed by atoms with Gasteiger partial charge in [0.15, 0.2) is 11.5 Å². The Balaban J connectivity index is 1.11. The maximum Gasteiger partial charge on any atom is 0.410 e. The van der Waals surface area contributed by atoms with Crippen LogP contribution < -0.4 is 10.1 Å². The molecule has 1 aromatic carbocycles. The largest absolute Gasteiger partial charge is 0.457 e. The number of aryl methyl sites for hydroxylation is 1. The number of ether oxygens (including phenoxy) is 2. The van der Waals surface area contributed by atoms with Gasteiger partial charge in [0, 0.05) is 36.2 Å². The molecule has 0 saturated carbocycles. The van der Waals surface area contributed by atoms with Crippen molar-refractivity contribution in [3.8, 4) is 11.5 Å². The lowest BCUT2D eigenvalue weighted by molar-refractivity contribution is 0.00589. The highest BCUT2D eigenvalue weighted by molar-refractivity contribution is 5.78. The lowest BCUT2D eigenvalue weighted by atomic mass is 9.85. The summed E-state index contributed by atoms with van der Waals surface area (Å²) >= 11 is 0. The molecule has 5 aromatic rings. The van der Waals surface area contributed by atoms with Gasteiger partial charge in [-0.15, -0.1) is 0 Å². The summed E-state index contributed by atoms with van der Waals surface area (Å²) in [5.74, 6) is 2.50. The third-order valence-corrected chi connectivity index (χ3v) is 8.18. The maximum absolute atomic E-state index is 13.0. The molecule has 0 radical (unpaired) electrons. The van der Waals surface area contributed by atoms with Gasteiger partial charge in [0.1, 0.15) is 35.3 Å². The van der Waals surface area contributed by atoms with Gasteiger partial charge in [0.25, 0.3) is 0 Å². The van der Waals surface area contributed by atoms with Gasteiger partial charge in [-0.3, -0.25) is 0 Å². The van der Waals surface area contributed by atoms with Crippen LogP contribution in [0.15, 0.2) is 61.4 Å². The predicted octanol–water partition coefficient (Wildman–Crippen LogP) is 6.26. The van der Waals surface area contributed by atoms with E-state index in [0.29, 0.717) is 11.7 Å². The van der Waals surface area contributed by atoms with Crippen molar-refractivity contribution in [2.45, 2.75) is 77.0 Å². The van der Waals surface area contributed by atoms with Gasteiger partial charge in [-0.2, -0.15) is 10.2 Å². The molecule has 2 atom stereocenters. The molecule has 2 unspecified atom stereocenters. The highest BCUT2D eigenvalue weighted by Gasteiger charge is 2.45. The fourth-order valence-electron chi connectivity index (χ4n) is 6.41. The molecule has 6 heterocycles. The van der Waals surface area contributed by atoms with Gasteiger partial charge in [0.05, 0.1) is 0 Å². The predicted molar refractivity (Wildman–Crippen MR) is 157 cm³/mol. The van der Waals surface area contributed by atoms with Crippen LogP contribution in [-0.2, 0) is 4.74 Å². The first-order valence-corrected chi connectivity index (χ1v) is 14.4. The van der Waals surface area contributed by atoms with Crippen molar-refractivity contribution in [1.29, 1.82) is 0 Å². The van der Waals surface area contributed by atoms with Gasteiger partial charge in [-0.25, -0.2) is 23.8 Å². The first-order valence-electron chi connectivity index (χ1n) is 14.4. The van der Waals surface area contributed by atoms with E-state index >= 15 is 0 Å². The number of piperidine rings is 1. The molecule has 1 amide bonds. The molecule has 2 bridgehead atoms. The summed E-state index contributed by atoms with van der Waals surface area (Å²) in [6, 6.07) is 12.2. The van der Waals surface area contributed by atoms with Crippen LogP contribution in [0.5, 0.6) is 11.5 Å². The standard InChI is InChI=1S/C31H34N8O3/c1-19-13-21(5-8-26(19)41-24-9-11-37-27(16-24)32-17-34-37)36-29-28-25(10-12-38(28)35-18-33-29)20-14-22-6-7-23(15-20)39(22)30(40)42-31(2,3)4/h5,8-13,16-18,20,22-23H,6-7,14-15H2,1-4H3,(H,33,35,36). The summed E-state index contributed by atoms with van der Waals surface area (Å²) in [4.78, 5) is 23.8. The lowest BCUT2D eigenvalue weighted by Crippen LogP contribution is -2.48. The maximum atomic E-state index is 13.0. The molecule has 216 valence electrons. The molecule has 0 spiro atoms. The van der Waals surface area contributed by atoms with Crippen molar-refractivity contribution in [3.05, 3.63) is 72.6 Å². The van der Waals surface area contributed by atoms with E-state index in [4.69, 9.17) is 9.47 Å². The van der Waals surface area contributed by atoms with E-state index in [1.54, 1.807) is 10.8 Å². The average Bonchev–Trinajstić information content (AvgIpc) is 3.65. The Kier molecular flexibility index (Phi) is 6.25. The summed E-state index contributed by atoms with van der Waals surface area (Å²) in [6.45, 7) is 7.78. The van der Waals surface area contributed by atoms with E-state index in [9.17, 15) is 4.79 Å². The molecule has 7 rings (SSSR count). The summed E-state index contributed by atoms with van der Waals surface area (Å²) in [6.07, 6.45) is 10.5. The Bertz CT molecular complexity index is 1770. The molecule has 2 fully saturated rings. The van der Waals surface area contributed by atoms with Crippen LogP contribution in [0.25, 0.3) is 11.2 Å². The topological polar surface area (TPSA) is 111 Å². The number of benzene rings is 1. The SMILES string of the molecule is Cc1cc(Nc2ncnn3ccc(C4CC5CCC(C4)N5C(=O)OC(C)(C)C)c23)ccc1Oc1ccn2ncnc2c1. The second-order valence-corrected chi connectivity index (χ2v) is 12.2. The number of pyridine rings is 1. The molecule has 42 heavy (non-hydrogen) atoms. The van der Waals surface area contributed by atoms with Crippen molar-refractivity contribution < 1.29 is 14.3 Å². The summed E-state index contributed by atoms with van der Waals surface area (Å²) in [5, 5.41) is 12.1. The van der Waals surface area contributed by atoms with E-state index in [-0.39, 0.29) is 18.2 Å². The number of rotatable bonds is 5. The molecule has 2 aliphatic heterocycles. The van der Waals surface area contributed by atoms with E-state index in [1.165, 1.54) is 11.9 Å². The second-order valence-electron chi connectivity index (χ2n) is 12.2. The zero-order valence-electron chi connectivity index (χ0n) is 24.2. The molecular weight excluding hydrogens is 532 g/mol. The van der Waals surface area contributed by atoms with E-state index in [2.05, 4.69) is 31.5 Å². The van der Waals surface area contributed by atoms with Gasteiger partial charge >= 0.3 is 6.09 Å². The number of carbonyl (C=O) groups is 1. The van der Waals surface area contributed by atoms with Gasteiger partial charge in [-0.1, -0.05) is 0 Å². The second kappa shape index (κ2) is 10.0. The van der Waals surface area contributed by atoms with Crippen LogP contribution in [0.2, 0.25) is 0 Å². The van der Waals surface area contributed by atoms with Crippen molar-refractivity contribution in [1.82, 2.24) is 34.1 Å². The Morgan fingerprint density at radius 1 is 0.952 bits per heavy atom. The normalized spacial score (nSPS) is 20.3. The molecule has 2 aliphatic rings. The van der Waals surface area contributed by atoms with Crippen molar-refractivity contribution in [3.63, 3.8) is 0 Å². The number of aromatic nitrogens is 6. The average molecular weight is 567 g/mol. The van der Waals surface area contributed by atoms with Crippen LogP contribution in [0.3, 0.4) is 0 Å². The van der Waals surface area contributed by atoms with Crippen LogP contribution in [0.1, 0.15) is 63.5 Å². The highest BCUT2D eigenvalue weighted by Crippen LogP contribution is 2.45. The third kappa shape index (κ3) is 4.88. The minimum atomic E-state index is -0.501. The monoisotopic (exact) mass is 566 g/mol. The quantitative estimate of drug-likeness (QED) is 0.265. The number of carbonyl (C=O) groups excluding carboxylic acids is 1. The minimum Gasteiger partial charge on any atom is -0.457 e. The molecule has 4 aromatic heterocycles. The van der Waals surface area contributed by atoms with Crippen molar-refractivity contribution in [2.75, 3.05) is 5.32 Å². The van der Waals surface area contributed by atoms with Crippen LogP contribution >= 0.6 is 0 Å². The van der Waals surface area contributed by atoms with Gasteiger partial charge in [-0.05, 0) is 101 Å². The summed E-state index contributed by atoms with van der Waals surface area (Å²) < 4.78 is 15.5. The lowest BCUT2D eigenvalue weighted by Gasteiger charge is -2.39. The molecule has 0 aliphatic carbocycles. The van der Waals surface area contributed by atoms with E-state index in [1.807, 2.05) is 79.8 Å². The highest BCUT2D eigenvalue weighted by atomic mass is 16.6. The molecule has 11 nitrogen and oxygen atoms in total. The number of nitrogens with zero attached hydrogens (tertiary/aromatic N) is 7. The fourth-order valence-corrected chi connectivity index (χ4v) is 6.41. The number of hydrogen-bond donors (Lipinski definition) is 1. The molecular formula is C31H34N8O3. The number of amides is 1. The zero-order valence-corrected chi connectivity index (χ0v) is 24.2. The Hall–Kier alpha value is -4.67. The number of fused-ring (bicyclic) bond motifs is 4. The molecule has 2 saturated heterocycles. The molecule has 1 N–H and O–H groups in total. The third-order valence-electron chi connectivity index (χ3n) is 8.18. The van der Waals surface area contributed by atoms with Crippen LogP contribution in [0, 0.1) is 6.92 Å². The van der Waals surface area contributed by atoms with Crippen molar-refractivity contribution >= 4 is 28.8 Å². The Morgan fingerprint density at radius 2 is 1.69 bits per heavy atom. The first-order chi connectivity index (χ1) is 20.2. The summed E-state index contributed by atoms with van der Waals surface area (Å²) in [7, 11) is 0. The van der Waals surface area contributed by atoms with Crippen LogP contribution in [-0.4, -0.2) is 57.9 Å². The van der Waals surface area contributed by atoms with Crippen LogP contribution in [0.4, 0.5) is 16.3 Å². The Morgan fingerprint density at radius 3 is 2.45 bits per heavy atom. The number of hydrogen-bond acceptors (Lipinski definition) is 8. The number of nitrogens with one attached hydrogen (secondary N) is 1. The van der Waals surface area contributed by atoms with E-state index < -0.39 is 5.60 Å². The summed E-state index contributed by atoms with van der Waals surface area (Å²) in [5.41, 5.74) is 4.28.